The summed E-state index contributed by atoms with van der Waals surface area (Å²) in [5.41, 5.74) is -0.591. The first-order valence-electron chi connectivity index (χ1n) is 9.01. The molecule has 0 unspecified atom stereocenters. The molecule has 2 heterocycles. The summed E-state index contributed by atoms with van der Waals surface area (Å²) in [5, 5.41) is 0. The van der Waals surface area contributed by atoms with Crippen molar-refractivity contribution in [1.29, 1.82) is 0 Å². The fraction of sp³-hybridized carbons (Fsp3) is 0.824. The summed E-state index contributed by atoms with van der Waals surface area (Å²) in [6, 6.07) is 0. The second-order valence-corrected chi connectivity index (χ2v) is 7.86. The minimum absolute atomic E-state index is 0.0768. The zero-order valence-electron chi connectivity index (χ0n) is 15.8. The van der Waals surface area contributed by atoms with Crippen LogP contribution in [0, 0.1) is 5.92 Å². The molecule has 0 aromatic rings. The second-order valence-electron chi connectivity index (χ2n) is 7.86. The Kier molecular flexibility index (Phi) is 6.26. The number of amides is 3. The van der Waals surface area contributed by atoms with Crippen molar-refractivity contribution in [1.82, 2.24) is 14.7 Å². The van der Waals surface area contributed by atoms with Crippen LogP contribution in [0.2, 0.25) is 0 Å². The summed E-state index contributed by atoms with van der Waals surface area (Å²) in [6.07, 6.45) is -4.87. The molecule has 0 bridgehead atoms. The Morgan fingerprint density at radius 1 is 0.815 bits per heavy atom. The maximum atomic E-state index is 12.6. The minimum atomic E-state index is -4.88. The van der Waals surface area contributed by atoms with Crippen LogP contribution in [0.4, 0.5) is 18.0 Å². The lowest BCUT2D eigenvalue weighted by molar-refractivity contribution is -0.187. The molecule has 0 radical (unpaired) electrons. The maximum Gasteiger partial charge on any atom is 0.471 e. The molecule has 0 N–H and O–H groups in total. The minimum Gasteiger partial charge on any atom is -0.444 e. The number of hydrogen-bond acceptors (Lipinski definition) is 4. The highest BCUT2D eigenvalue weighted by Crippen LogP contribution is 2.25. The molecule has 0 spiro atoms. The van der Waals surface area contributed by atoms with Crippen LogP contribution in [0.15, 0.2) is 0 Å². The molecule has 0 aromatic heterocycles. The molecule has 0 aromatic carbocycles. The van der Waals surface area contributed by atoms with Gasteiger partial charge < -0.3 is 19.4 Å². The van der Waals surface area contributed by atoms with Gasteiger partial charge in [-0.15, -0.1) is 0 Å². The number of carbonyl (C=O) groups is 3. The van der Waals surface area contributed by atoms with Gasteiger partial charge in [0, 0.05) is 45.2 Å². The summed E-state index contributed by atoms with van der Waals surface area (Å²) in [4.78, 5) is 39.8. The van der Waals surface area contributed by atoms with Gasteiger partial charge in [-0.1, -0.05) is 0 Å². The molecule has 2 rings (SSSR count). The van der Waals surface area contributed by atoms with Crippen molar-refractivity contribution in [3.63, 3.8) is 0 Å². The Labute approximate surface area is 156 Å². The van der Waals surface area contributed by atoms with E-state index in [1.807, 2.05) is 0 Å². The molecule has 2 aliphatic rings. The molecule has 2 fully saturated rings. The van der Waals surface area contributed by atoms with Crippen LogP contribution in [0.1, 0.15) is 33.6 Å². The van der Waals surface area contributed by atoms with Crippen LogP contribution in [0.3, 0.4) is 0 Å². The van der Waals surface area contributed by atoms with Crippen LogP contribution in [-0.4, -0.2) is 83.7 Å². The van der Waals surface area contributed by atoms with E-state index in [1.165, 1.54) is 0 Å². The number of rotatable bonds is 1. The number of hydrogen-bond donors (Lipinski definition) is 0. The van der Waals surface area contributed by atoms with Crippen molar-refractivity contribution in [2.45, 2.75) is 45.4 Å². The second kappa shape index (κ2) is 7.93. The molecule has 154 valence electrons. The lowest BCUT2D eigenvalue weighted by Crippen LogP contribution is -2.54. The highest BCUT2D eigenvalue weighted by Gasteiger charge is 2.44. The topological polar surface area (TPSA) is 70.2 Å². The predicted molar refractivity (Wildman–Crippen MR) is 89.7 cm³/mol. The van der Waals surface area contributed by atoms with Crippen LogP contribution in [-0.2, 0) is 14.3 Å². The highest BCUT2D eigenvalue weighted by atomic mass is 19.4. The number of halogens is 3. The lowest BCUT2D eigenvalue weighted by Gasteiger charge is -2.38. The molecular weight excluding hydrogens is 367 g/mol. The molecule has 2 saturated heterocycles. The van der Waals surface area contributed by atoms with Gasteiger partial charge >= 0.3 is 18.2 Å². The Morgan fingerprint density at radius 3 is 1.74 bits per heavy atom. The van der Waals surface area contributed by atoms with Gasteiger partial charge in [-0.3, -0.25) is 9.59 Å². The van der Waals surface area contributed by atoms with Gasteiger partial charge in [0.25, 0.3) is 0 Å². The lowest BCUT2D eigenvalue weighted by atomic mass is 9.95. The van der Waals surface area contributed by atoms with E-state index in [0.717, 1.165) is 4.90 Å². The first-order chi connectivity index (χ1) is 12.4. The summed E-state index contributed by atoms with van der Waals surface area (Å²) in [6.45, 7) is 6.61. The molecule has 0 saturated carbocycles. The van der Waals surface area contributed by atoms with Gasteiger partial charge in [0.05, 0.1) is 0 Å². The first-order valence-corrected chi connectivity index (χ1v) is 9.01. The van der Waals surface area contributed by atoms with Gasteiger partial charge in [0.2, 0.25) is 5.91 Å². The molecule has 0 atom stereocenters. The van der Waals surface area contributed by atoms with Crippen molar-refractivity contribution >= 4 is 17.9 Å². The summed E-state index contributed by atoms with van der Waals surface area (Å²) in [5.74, 6) is -2.37. The van der Waals surface area contributed by atoms with E-state index in [4.69, 9.17) is 4.74 Å². The summed E-state index contributed by atoms with van der Waals surface area (Å²) in [7, 11) is 0. The fourth-order valence-corrected chi connectivity index (χ4v) is 3.20. The third-order valence-corrected chi connectivity index (χ3v) is 4.62. The normalized spacial score (nSPS) is 19.9. The largest absolute Gasteiger partial charge is 0.471 e. The van der Waals surface area contributed by atoms with Crippen LogP contribution in [0.25, 0.3) is 0 Å². The standard InChI is InChI=1S/C17H26F3N3O4/c1-16(2,3)27-15(26)23-10-8-21(9-11-23)13(24)12-4-6-22(7-5-12)14(25)17(18,19)20/h12H,4-11H2,1-3H3. The molecule has 3 amide bonds. The SMILES string of the molecule is CC(C)(C)OC(=O)N1CCN(C(=O)C2CCN(C(=O)C(F)(F)F)CC2)CC1. The summed E-state index contributed by atoms with van der Waals surface area (Å²) < 4.78 is 42.7. The van der Waals surface area contributed by atoms with Gasteiger partial charge in [-0.05, 0) is 33.6 Å². The van der Waals surface area contributed by atoms with E-state index < -0.39 is 29.7 Å². The van der Waals surface area contributed by atoms with Gasteiger partial charge in [-0.25, -0.2) is 4.79 Å². The van der Waals surface area contributed by atoms with E-state index in [9.17, 15) is 27.6 Å². The number of alkyl halides is 3. The average Bonchev–Trinajstić information content (AvgIpc) is 2.58. The van der Waals surface area contributed by atoms with Crippen LogP contribution in [0.5, 0.6) is 0 Å². The van der Waals surface area contributed by atoms with Crippen molar-refractivity contribution < 1.29 is 32.3 Å². The Balaban J connectivity index is 1.80. The van der Waals surface area contributed by atoms with Crippen molar-refractivity contribution in [2.24, 2.45) is 5.92 Å². The zero-order chi connectivity index (χ0) is 20.4. The Hall–Kier alpha value is -2.00. The predicted octanol–water partition coefficient (Wildman–Crippen LogP) is 1.87. The molecule has 10 heteroatoms. The first kappa shape index (κ1) is 21.3. The number of piperidine rings is 1. The van der Waals surface area contributed by atoms with Crippen molar-refractivity contribution in [2.75, 3.05) is 39.3 Å². The number of nitrogens with zero attached hydrogens (tertiary/aromatic N) is 3. The van der Waals surface area contributed by atoms with Gasteiger partial charge in [0.1, 0.15) is 5.60 Å². The van der Waals surface area contributed by atoms with Crippen LogP contribution >= 0.6 is 0 Å². The van der Waals surface area contributed by atoms with Gasteiger partial charge in [0.15, 0.2) is 0 Å². The molecule has 27 heavy (non-hydrogen) atoms. The quantitative estimate of drug-likeness (QED) is 0.682. The van der Waals surface area contributed by atoms with Gasteiger partial charge in [-0.2, -0.15) is 13.2 Å². The Bertz CT molecular complexity index is 573. The van der Waals surface area contributed by atoms with E-state index in [-0.39, 0.29) is 31.8 Å². The fourth-order valence-electron chi connectivity index (χ4n) is 3.20. The zero-order valence-corrected chi connectivity index (χ0v) is 15.8. The number of carbonyl (C=O) groups excluding carboxylic acids is 3. The molecule has 7 nitrogen and oxygen atoms in total. The molecule has 2 aliphatic heterocycles. The van der Waals surface area contributed by atoms with Crippen molar-refractivity contribution in [3.05, 3.63) is 0 Å². The van der Waals surface area contributed by atoms with E-state index in [2.05, 4.69) is 0 Å². The van der Waals surface area contributed by atoms with E-state index in [1.54, 1.807) is 30.6 Å². The van der Waals surface area contributed by atoms with Crippen molar-refractivity contribution in [3.8, 4) is 0 Å². The van der Waals surface area contributed by atoms with E-state index in [0.29, 0.717) is 26.2 Å². The number of ether oxygens (including phenoxy) is 1. The molecule has 0 aliphatic carbocycles. The van der Waals surface area contributed by atoms with E-state index >= 15 is 0 Å². The average molecular weight is 393 g/mol. The highest BCUT2D eigenvalue weighted by molar-refractivity contribution is 5.83. The third-order valence-electron chi connectivity index (χ3n) is 4.62. The van der Waals surface area contributed by atoms with Crippen LogP contribution < -0.4 is 0 Å². The number of likely N-dealkylation sites (tertiary alicyclic amines) is 1. The molecular formula is C17H26F3N3O4. The maximum absolute atomic E-state index is 12.6. The third kappa shape index (κ3) is 5.74. The monoisotopic (exact) mass is 393 g/mol. The summed E-state index contributed by atoms with van der Waals surface area (Å²) >= 11 is 0. The smallest absolute Gasteiger partial charge is 0.444 e. The Morgan fingerprint density at radius 2 is 1.30 bits per heavy atom. The number of piperazine rings is 1.